The van der Waals surface area contributed by atoms with Crippen LogP contribution in [0.4, 0.5) is 10.6 Å². The number of carbonyl (C=O) groups is 2. The Morgan fingerprint density at radius 1 is 1.17 bits per heavy atom. The van der Waals surface area contributed by atoms with Gasteiger partial charge in [-0.15, -0.1) is 0 Å². The molecule has 1 aromatic heterocycles. The number of amides is 3. The number of imide groups is 1. The first-order valence-corrected chi connectivity index (χ1v) is 5.70. The third-order valence-corrected chi connectivity index (χ3v) is 2.95. The fourth-order valence-electron chi connectivity index (χ4n) is 2.00. The summed E-state index contributed by atoms with van der Waals surface area (Å²) in [7, 11) is 0. The van der Waals surface area contributed by atoms with Gasteiger partial charge in [0.25, 0.3) is 0 Å². The van der Waals surface area contributed by atoms with Crippen LogP contribution >= 0.6 is 0 Å². The largest absolute Gasteiger partial charge is 0.329 e. The third kappa shape index (κ3) is 1.79. The van der Waals surface area contributed by atoms with Crippen LogP contribution < -0.4 is 10.2 Å². The smallest absolute Gasteiger partial charge is 0.278 e. The van der Waals surface area contributed by atoms with E-state index in [0.29, 0.717) is 18.8 Å². The van der Waals surface area contributed by atoms with Crippen molar-refractivity contribution in [3.63, 3.8) is 0 Å². The van der Waals surface area contributed by atoms with Crippen LogP contribution in [0.5, 0.6) is 0 Å². The van der Waals surface area contributed by atoms with Gasteiger partial charge in [-0.2, -0.15) is 0 Å². The lowest BCUT2D eigenvalue weighted by atomic mass is 10.2. The first-order valence-electron chi connectivity index (χ1n) is 5.70. The molecule has 0 unspecified atom stereocenters. The number of pyridine rings is 1. The Bertz CT molecular complexity index is 639. The highest BCUT2D eigenvalue weighted by molar-refractivity contribution is 6.05. The van der Waals surface area contributed by atoms with Gasteiger partial charge >= 0.3 is 6.03 Å². The third-order valence-electron chi connectivity index (χ3n) is 2.95. The number of nitrogens with zero attached hydrogens (tertiary/aromatic N) is 2. The highest BCUT2D eigenvalue weighted by Crippen LogP contribution is 2.20. The molecule has 0 bridgehead atoms. The van der Waals surface area contributed by atoms with Gasteiger partial charge in [0, 0.05) is 24.5 Å². The summed E-state index contributed by atoms with van der Waals surface area (Å²) in [5.74, 6) is 0.329. The average Bonchev–Trinajstić information content (AvgIpc) is 2.38. The lowest BCUT2D eigenvalue weighted by molar-refractivity contribution is -0.120. The molecule has 18 heavy (non-hydrogen) atoms. The monoisotopic (exact) mass is 241 g/mol. The summed E-state index contributed by atoms with van der Waals surface area (Å²) in [5.41, 5.74) is 0. The molecule has 1 aliphatic rings. The Kier molecular flexibility index (Phi) is 2.44. The minimum absolute atomic E-state index is 0.239. The van der Waals surface area contributed by atoms with E-state index in [2.05, 4.69) is 10.3 Å². The Morgan fingerprint density at radius 3 is 2.72 bits per heavy atom. The quantitative estimate of drug-likeness (QED) is 0.826. The van der Waals surface area contributed by atoms with E-state index in [1.807, 2.05) is 30.3 Å². The van der Waals surface area contributed by atoms with Crippen LogP contribution in [-0.2, 0) is 4.79 Å². The number of rotatable bonds is 1. The maximum Gasteiger partial charge on any atom is 0.329 e. The second kappa shape index (κ2) is 4.10. The van der Waals surface area contributed by atoms with Gasteiger partial charge < -0.3 is 0 Å². The molecule has 1 fully saturated rings. The zero-order chi connectivity index (χ0) is 12.5. The summed E-state index contributed by atoms with van der Waals surface area (Å²) in [4.78, 5) is 28.5. The van der Waals surface area contributed by atoms with Crippen LogP contribution in [0.2, 0.25) is 0 Å². The molecule has 0 radical (unpaired) electrons. The number of fused-ring (bicyclic) bond motifs is 1. The number of aromatic nitrogens is 1. The molecule has 3 rings (SSSR count). The number of benzene rings is 1. The lowest BCUT2D eigenvalue weighted by Crippen LogP contribution is -2.49. The summed E-state index contributed by atoms with van der Waals surface area (Å²) < 4.78 is 0. The Labute approximate surface area is 103 Å². The van der Waals surface area contributed by atoms with E-state index >= 15 is 0 Å². The number of hydrogen-bond acceptors (Lipinski definition) is 3. The summed E-state index contributed by atoms with van der Waals surface area (Å²) in [5, 5.41) is 4.33. The molecule has 0 aliphatic carbocycles. The van der Waals surface area contributed by atoms with E-state index in [1.165, 1.54) is 4.90 Å². The number of nitrogens with one attached hydrogen (secondary N) is 1. The van der Waals surface area contributed by atoms with Crippen molar-refractivity contribution in [1.82, 2.24) is 10.3 Å². The Hall–Kier alpha value is -2.43. The minimum Gasteiger partial charge on any atom is -0.278 e. The van der Waals surface area contributed by atoms with Gasteiger partial charge in [0.15, 0.2) is 0 Å². The summed E-state index contributed by atoms with van der Waals surface area (Å²) >= 11 is 0. The van der Waals surface area contributed by atoms with Gasteiger partial charge in [-0.1, -0.05) is 24.3 Å². The maximum atomic E-state index is 11.7. The molecule has 0 atom stereocenters. The van der Waals surface area contributed by atoms with Crippen molar-refractivity contribution in [2.24, 2.45) is 0 Å². The SMILES string of the molecule is O=C1CCN(c2cc3ccccc3cn2)C(=O)N1. The zero-order valence-corrected chi connectivity index (χ0v) is 9.59. The number of carbonyl (C=O) groups excluding carboxylic acids is 2. The Balaban J connectivity index is 1.99. The van der Waals surface area contributed by atoms with Crippen LogP contribution in [0.3, 0.4) is 0 Å². The van der Waals surface area contributed by atoms with Crippen molar-refractivity contribution in [3.8, 4) is 0 Å². The van der Waals surface area contributed by atoms with Crippen LogP contribution in [0.1, 0.15) is 6.42 Å². The predicted molar refractivity (Wildman–Crippen MR) is 67.2 cm³/mol. The van der Waals surface area contributed by atoms with Gasteiger partial charge in [-0.3, -0.25) is 15.0 Å². The van der Waals surface area contributed by atoms with Crippen LogP contribution in [0, 0.1) is 0 Å². The number of hydrogen-bond donors (Lipinski definition) is 1. The molecule has 0 saturated carbocycles. The van der Waals surface area contributed by atoms with Crippen LogP contribution in [0.25, 0.3) is 10.8 Å². The normalized spacial score (nSPS) is 15.9. The maximum absolute atomic E-state index is 11.7. The van der Waals surface area contributed by atoms with Crippen molar-refractivity contribution < 1.29 is 9.59 Å². The summed E-state index contributed by atoms with van der Waals surface area (Å²) in [6.07, 6.45) is 2.04. The van der Waals surface area contributed by atoms with Crippen LogP contribution in [-0.4, -0.2) is 23.5 Å². The number of urea groups is 1. The lowest BCUT2D eigenvalue weighted by Gasteiger charge is -2.25. The number of anilines is 1. The molecular weight excluding hydrogens is 230 g/mol. The van der Waals surface area contributed by atoms with Gasteiger partial charge in [0.2, 0.25) is 5.91 Å². The Morgan fingerprint density at radius 2 is 1.94 bits per heavy atom. The van der Waals surface area contributed by atoms with Crippen molar-refractivity contribution in [3.05, 3.63) is 36.5 Å². The topological polar surface area (TPSA) is 62.3 Å². The molecule has 3 amide bonds. The molecule has 0 spiro atoms. The fourth-order valence-corrected chi connectivity index (χ4v) is 2.00. The van der Waals surface area contributed by atoms with Gasteiger partial charge in [-0.25, -0.2) is 9.78 Å². The molecule has 2 aromatic rings. The molecule has 5 heteroatoms. The van der Waals surface area contributed by atoms with Gasteiger partial charge in [0.1, 0.15) is 5.82 Å². The molecule has 1 aliphatic heterocycles. The summed E-state index contributed by atoms with van der Waals surface area (Å²) in [6.45, 7) is 0.371. The first-order chi connectivity index (χ1) is 8.74. The first kappa shape index (κ1) is 10.7. The van der Waals surface area contributed by atoms with Crippen molar-refractivity contribution in [2.45, 2.75) is 6.42 Å². The van der Waals surface area contributed by atoms with Crippen molar-refractivity contribution >= 4 is 28.5 Å². The van der Waals surface area contributed by atoms with Crippen molar-refractivity contribution in [2.75, 3.05) is 11.4 Å². The van der Waals surface area contributed by atoms with Crippen molar-refractivity contribution in [1.29, 1.82) is 0 Å². The van der Waals surface area contributed by atoms with E-state index in [9.17, 15) is 9.59 Å². The molecule has 1 saturated heterocycles. The van der Waals surface area contributed by atoms with E-state index in [-0.39, 0.29) is 5.91 Å². The molecule has 5 nitrogen and oxygen atoms in total. The van der Waals surface area contributed by atoms with Gasteiger partial charge in [0.05, 0.1) is 0 Å². The van der Waals surface area contributed by atoms with E-state index in [0.717, 1.165) is 10.8 Å². The molecule has 90 valence electrons. The molecule has 1 N–H and O–H groups in total. The standard InChI is InChI=1S/C13H11N3O2/c17-12-5-6-16(13(18)15-12)11-7-9-3-1-2-4-10(9)8-14-11/h1-4,7-8H,5-6H2,(H,15,17,18). The van der Waals surface area contributed by atoms with E-state index in [1.54, 1.807) is 6.20 Å². The highest BCUT2D eigenvalue weighted by Gasteiger charge is 2.24. The van der Waals surface area contributed by atoms with Gasteiger partial charge in [-0.05, 0) is 11.5 Å². The molecule has 2 heterocycles. The average molecular weight is 241 g/mol. The minimum atomic E-state index is -0.408. The second-order valence-corrected chi connectivity index (χ2v) is 4.14. The predicted octanol–water partition coefficient (Wildman–Crippen LogP) is 1.68. The molecular formula is C13H11N3O2. The molecule has 1 aromatic carbocycles. The van der Waals surface area contributed by atoms with E-state index < -0.39 is 6.03 Å². The van der Waals surface area contributed by atoms with Crippen LogP contribution in [0.15, 0.2) is 36.5 Å². The van der Waals surface area contributed by atoms with E-state index in [4.69, 9.17) is 0 Å². The highest BCUT2D eigenvalue weighted by atomic mass is 16.2. The zero-order valence-electron chi connectivity index (χ0n) is 9.59. The second-order valence-electron chi connectivity index (χ2n) is 4.14. The summed E-state index contributed by atoms with van der Waals surface area (Å²) in [6, 6.07) is 9.25. The fraction of sp³-hybridized carbons (Fsp3) is 0.154.